The normalized spacial score (nSPS) is 15.2. The lowest BCUT2D eigenvalue weighted by Gasteiger charge is -2.20. The lowest BCUT2D eigenvalue weighted by atomic mass is 10.0. The molecule has 7 heteroatoms. The Hall–Kier alpha value is -1.18. The van der Waals surface area contributed by atoms with E-state index >= 15 is 0 Å². The van der Waals surface area contributed by atoms with Gasteiger partial charge in [-0.05, 0) is 13.3 Å². The smallest absolute Gasteiger partial charge is 0.251 e. The van der Waals surface area contributed by atoms with Gasteiger partial charge in [0.2, 0.25) is 5.91 Å². The molecule has 0 spiro atoms. The number of aliphatic hydroxyl groups excluding tert-OH is 1. The maximum absolute atomic E-state index is 11.7. The summed E-state index contributed by atoms with van der Waals surface area (Å²) in [6.07, 6.45) is 1.06. The third-order valence-electron chi connectivity index (χ3n) is 2.92. The number of hydrogen-bond acceptors (Lipinski definition) is 5. The first kappa shape index (κ1) is 18.8. The van der Waals surface area contributed by atoms with Crippen LogP contribution in [0.3, 0.4) is 0 Å². The summed E-state index contributed by atoms with van der Waals surface area (Å²) in [5, 5.41) is 14.8. The molecular weight excluding hydrogens is 262 g/mol. The maximum atomic E-state index is 11.7. The Morgan fingerprint density at radius 1 is 1.35 bits per heavy atom. The quantitative estimate of drug-likeness (QED) is 0.391. The molecule has 0 aliphatic heterocycles. The van der Waals surface area contributed by atoms with Crippen molar-refractivity contribution in [1.82, 2.24) is 10.6 Å². The Bertz CT molecular complexity index is 299. The van der Waals surface area contributed by atoms with Crippen molar-refractivity contribution in [1.29, 1.82) is 0 Å². The summed E-state index contributed by atoms with van der Waals surface area (Å²) in [6.45, 7) is 4.32. The van der Waals surface area contributed by atoms with Crippen molar-refractivity contribution in [3.8, 4) is 0 Å². The van der Waals surface area contributed by atoms with Gasteiger partial charge in [-0.1, -0.05) is 19.8 Å². The van der Waals surface area contributed by atoms with Crippen molar-refractivity contribution >= 4 is 11.8 Å². The molecule has 1 unspecified atom stereocenters. The zero-order valence-electron chi connectivity index (χ0n) is 12.5. The summed E-state index contributed by atoms with van der Waals surface area (Å²) in [4.78, 5) is 23.4. The van der Waals surface area contributed by atoms with Crippen LogP contribution in [0.15, 0.2) is 0 Å². The molecular formula is C13H27N3O4. The molecule has 118 valence electrons. The fraction of sp³-hybridized carbons (Fsp3) is 0.846. The van der Waals surface area contributed by atoms with Gasteiger partial charge in [0.15, 0.2) is 0 Å². The molecule has 5 N–H and O–H groups in total. The van der Waals surface area contributed by atoms with Crippen LogP contribution in [0.4, 0.5) is 0 Å². The van der Waals surface area contributed by atoms with Gasteiger partial charge in [0.1, 0.15) is 12.1 Å². The lowest BCUT2D eigenvalue weighted by molar-refractivity contribution is -0.134. The molecule has 0 aliphatic carbocycles. The van der Waals surface area contributed by atoms with Crippen LogP contribution in [-0.4, -0.2) is 55.4 Å². The fourth-order valence-electron chi connectivity index (χ4n) is 1.59. The van der Waals surface area contributed by atoms with Gasteiger partial charge in [-0.3, -0.25) is 9.59 Å². The van der Waals surface area contributed by atoms with Crippen LogP contribution >= 0.6 is 0 Å². The van der Waals surface area contributed by atoms with Crippen molar-refractivity contribution in [3.63, 3.8) is 0 Å². The minimum Gasteiger partial charge on any atom is -0.383 e. The van der Waals surface area contributed by atoms with E-state index in [0.29, 0.717) is 19.6 Å². The van der Waals surface area contributed by atoms with E-state index in [-0.39, 0.29) is 5.91 Å². The third-order valence-corrected chi connectivity index (χ3v) is 2.92. The van der Waals surface area contributed by atoms with Crippen LogP contribution in [-0.2, 0) is 14.3 Å². The van der Waals surface area contributed by atoms with Crippen LogP contribution in [0.5, 0.6) is 0 Å². The van der Waals surface area contributed by atoms with Crippen molar-refractivity contribution in [2.24, 2.45) is 5.73 Å². The van der Waals surface area contributed by atoms with Crippen molar-refractivity contribution in [2.45, 2.75) is 51.3 Å². The number of aliphatic hydroxyl groups is 1. The third kappa shape index (κ3) is 7.42. The number of nitrogens with two attached hydrogens (primary N) is 1. The van der Waals surface area contributed by atoms with Crippen LogP contribution in [0, 0.1) is 0 Å². The molecule has 0 rings (SSSR count). The Morgan fingerprint density at radius 2 is 2.00 bits per heavy atom. The average Bonchev–Trinajstić information content (AvgIpc) is 2.43. The topological polar surface area (TPSA) is 114 Å². The van der Waals surface area contributed by atoms with Gasteiger partial charge in [-0.2, -0.15) is 0 Å². The first-order valence-corrected chi connectivity index (χ1v) is 6.94. The van der Waals surface area contributed by atoms with Gasteiger partial charge in [0.25, 0.3) is 5.91 Å². The highest BCUT2D eigenvalue weighted by Crippen LogP contribution is 2.03. The number of carbonyl (C=O) groups is 2. The van der Waals surface area contributed by atoms with E-state index in [2.05, 4.69) is 10.6 Å². The summed E-state index contributed by atoms with van der Waals surface area (Å²) in [7, 11) is 1.53. The Kier molecular flexibility index (Phi) is 9.96. The predicted octanol–water partition coefficient (Wildman–Crippen LogP) is -0.868. The first-order chi connectivity index (χ1) is 9.43. The summed E-state index contributed by atoms with van der Waals surface area (Å²) < 4.78 is 4.80. The summed E-state index contributed by atoms with van der Waals surface area (Å²) in [5.41, 5.74) is 5.73. The minimum atomic E-state index is -1.30. The van der Waals surface area contributed by atoms with Gasteiger partial charge in [0.05, 0.1) is 6.61 Å². The number of hydrogen-bond donors (Lipinski definition) is 4. The summed E-state index contributed by atoms with van der Waals surface area (Å²) in [6, 6.07) is -1.34. The molecule has 20 heavy (non-hydrogen) atoms. The first-order valence-electron chi connectivity index (χ1n) is 6.94. The van der Waals surface area contributed by atoms with Crippen molar-refractivity contribution < 1.29 is 19.4 Å². The Labute approximate surface area is 120 Å². The number of rotatable bonds is 10. The van der Waals surface area contributed by atoms with Crippen molar-refractivity contribution in [2.75, 3.05) is 20.3 Å². The summed E-state index contributed by atoms with van der Waals surface area (Å²) in [5.74, 6) is -0.951. The van der Waals surface area contributed by atoms with Gasteiger partial charge in [-0.15, -0.1) is 0 Å². The zero-order valence-corrected chi connectivity index (χ0v) is 12.5. The number of carbonyl (C=O) groups excluding carboxylic acids is 2. The monoisotopic (exact) mass is 289 g/mol. The van der Waals surface area contributed by atoms with Gasteiger partial charge >= 0.3 is 0 Å². The van der Waals surface area contributed by atoms with Crippen LogP contribution in [0.1, 0.15) is 33.1 Å². The van der Waals surface area contributed by atoms with E-state index in [1.54, 1.807) is 6.92 Å². The number of nitrogens with one attached hydrogen (secondary N) is 2. The second kappa shape index (κ2) is 10.6. The van der Waals surface area contributed by atoms with E-state index < -0.39 is 24.1 Å². The number of unbranched alkanes of at least 4 members (excludes halogenated alkanes) is 1. The average molecular weight is 289 g/mol. The second-order valence-corrected chi connectivity index (χ2v) is 4.77. The van der Waals surface area contributed by atoms with E-state index in [4.69, 9.17) is 10.5 Å². The minimum absolute atomic E-state index is 0.329. The van der Waals surface area contributed by atoms with E-state index in [1.165, 1.54) is 7.11 Å². The molecule has 2 amide bonds. The van der Waals surface area contributed by atoms with Crippen LogP contribution < -0.4 is 16.4 Å². The molecule has 0 aromatic carbocycles. The lowest BCUT2D eigenvalue weighted by Crippen LogP contribution is -2.52. The fourth-order valence-corrected chi connectivity index (χ4v) is 1.59. The molecule has 0 radical (unpaired) electrons. The predicted molar refractivity (Wildman–Crippen MR) is 76.0 cm³/mol. The highest BCUT2D eigenvalue weighted by molar-refractivity contribution is 5.89. The second-order valence-electron chi connectivity index (χ2n) is 4.77. The van der Waals surface area contributed by atoms with E-state index in [0.717, 1.165) is 12.8 Å². The van der Waals surface area contributed by atoms with Gasteiger partial charge in [-0.25, -0.2) is 0 Å². The maximum Gasteiger partial charge on any atom is 0.251 e. The van der Waals surface area contributed by atoms with Crippen LogP contribution in [0.25, 0.3) is 0 Å². The Morgan fingerprint density at radius 3 is 2.55 bits per heavy atom. The highest BCUT2D eigenvalue weighted by atomic mass is 16.5. The molecule has 0 bridgehead atoms. The molecule has 0 aromatic rings. The number of ether oxygens (including phenoxy) is 1. The highest BCUT2D eigenvalue weighted by Gasteiger charge is 2.25. The standard InChI is InChI=1S/C13H27N3O4/c1-4-5-6-10(14)11(17)13(19)16-9(2)12(18)15-7-8-20-3/h9-11,17H,4-8,14H2,1-3H3,(H,15,18)(H,16,19)/t9-,10+,11?/m0/s1. The molecule has 0 aliphatic rings. The van der Waals surface area contributed by atoms with Crippen molar-refractivity contribution in [3.05, 3.63) is 0 Å². The number of amides is 2. The zero-order chi connectivity index (χ0) is 15.5. The number of methoxy groups -OCH3 is 1. The van der Waals surface area contributed by atoms with E-state index in [1.807, 2.05) is 6.92 Å². The molecule has 7 nitrogen and oxygen atoms in total. The molecule has 0 fully saturated rings. The molecule has 0 heterocycles. The van der Waals surface area contributed by atoms with Crippen LogP contribution in [0.2, 0.25) is 0 Å². The Balaban J connectivity index is 4.13. The van der Waals surface area contributed by atoms with Gasteiger partial charge < -0.3 is 26.2 Å². The molecule has 0 aromatic heterocycles. The molecule has 0 saturated carbocycles. The van der Waals surface area contributed by atoms with E-state index in [9.17, 15) is 14.7 Å². The largest absolute Gasteiger partial charge is 0.383 e. The molecule has 0 saturated heterocycles. The SMILES string of the molecule is CCCC[C@@H](N)C(O)C(=O)N[C@@H](C)C(=O)NCCOC. The molecule has 3 atom stereocenters. The van der Waals surface area contributed by atoms with Gasteiger partial charge in [0, 0.05) is 19.7 Å². The summed E-state index contributed by atoms with van der Waals surface area (Å²) >= 11 is 0.